The summed E-state index contributed by atoms with van der Waals surface area (Å²) in [7, 11) is 3.16. The summed E-state index contributed by atoms with van der Waals surface area (Å²) in [5.41, 5.74) is 0.793. The zero-order valence-corrected chi connectivity index (χ0v) is 13.9. The number of nitrogens with zero attached hydrogens (tertiary/aromatic N) is 2. The molecule has 1 aromatic heterocycles. The maximum absolute atomic E-state index is 5.86. The van der Waals surface area contributed by atoms with Crippen molar-refractivity contribution in [1.29, 1.82) is 0 Å². The number of hydrogen-bond donors (Lipinski definition) is 0. The number of halogens is 1. The summed E-state index contributed by atoms with van der Waals surface area (Å²) in [5, 5.41) is 8.63. The number of benzene rings is 2. The molecule has 6 nitrogen and oxygen atoms in total. The smallest absolute Gasteiger partial charge is 0.254 e. The van der Waals surface area contributed by atoms with Crippen LogP contribution in [0.25, 0.3) is 11.5 Å². The Morgan fingerprint density at radius 1 is 0.917 bits per heavy atom. The van der Waals surface area contributed by atoms with E-state index < -0.39 is 0 Å². The third-order valence-corrected chi connectivity index (χ3v) is 3.50. The highest BCUT2D eigenvalue weighted by Gasteiger charge is 2.10. The molecule has 0 bridgehead atoms. The molecule has 0 atom stereocenters. The first-order chi connectivity index (χ1) is 11.7. The molecule has 2 aromatic carbocycles. The molecule has 124 valence electrons. The van der Waals surface area contributed by atoms with Gasteiger partial charge in [-0.3, -0.25) is 0 Å². The largest absolute Gasteiger partial charge is 0.496 e. The monoisotopic (exact) mass is 346 g/mol. The van der Waals surface area contributed by atoms with Crippen molar-refractivity contribution in [3.63, 3.8) is 0 Å². The lowest BCUT2D eigenvalue weighted by Crippen LogP contribution is -1.97. The predicted octanol–water partition coefficient (Wildman–Crippen LogP) is 3.99. The second-order valence-electron chi connectivity index (χ2n) is 4.84. The third-order valence-electron chi connectivity index (χ3n) is 3.25. The van der Waals surface area contributed by atoms with E-state index in [9.17, 15) is 0 Å². The standard InChI is InChI=1S/C17H15ClN2O4/c1-21-13-7-14(22-2)9-15(8-13)23-10-16-19-20-17(24-16)11-3-5-12(18)6-4-11/h3-9H,10H2,1-2H3. The first kappa shape index (κ1) is 16.1. The van der Waals surface area contributed by atoms with E-state index in [0.717, 1.165) is 5.56 Å². The van der Waals surface area contributed by atoms with Gasteiger partial charge >= 0.3 is 0 Å². The van der Waals surface area contributed by atoms with Crippen LogP contribution < -0.4 is 14.2 Å². The molecule has 0 aliphatic rings. The van der Waals surface area contributed by atoms with E-state index in [0.29, 0.717) is 34.1 Å². The highest BCUT2D eigenvalue weighted by Crippen LogP contribution is 2.28. The number of hydrogen-bond acceptors (Lipinski definition) is 6. The quantitative estimate of drug-likeness (QED) is 0.672. The van der Waals surface area contributed by atoms with Crippen molar-refractivity contribution in [2.75, 3.05) is 14.2 Å². The van der Waals surface area contributed by atoms with Gasteiger partial charge in [-0.25, -0.2) is 0 Å². The number of rotatable bonds is 6. The van der Waals surface area contributed by atoms with Gasteiger partial charge in [-0.05, 0) is 24.3 Å². The van der Waals surface area contributed by atoms with Crippen LogP contribution in [0.5, 0.6) is 17.2 Å². The zero-order chi connectivity index (χ0) is 16.9. The first-order valence-electron chi connectivity index (χ1n) is 7.12. The van der Waals surface area contributed by atoms with Crippen LogP contribution in [0.15, 0.2) is 46.9 Å². The van der Waals surface area contributed by atoms with Crippen molar-refractivity contribution in [2.24, 2.45) is 0 Å². The topological polar surface area (TPSA) is 66.6 Å². The fourth-order valence-electron chi connectivity index (χ4n) is 2.03. The van der Waals surface area contributed by atoms with E-state index in [1.165, 1.54) is 0 Å². The van der Waals surface area contributed by atoms with Gasteiger partial charge in [-0.2, -0.15) is 0 Å². The van der Waals surface area contributed by atoms with Crippen LogP contribution in [0.2, 0.25) is 5.02 Å². The average molecular weight is 347 g/mol. The Balaban J connectivity index is 1.70. The maximum Gasteiger partial charge on any atom is 0.254 e. The molecule has 3 aromatic rings. The van der Waals surface area contributed by atoms with E-state index in [-0.39, 0.29) is 6.61 Å². The second-order valence-corrected chi connectivity index (χ2v) is 5.28. The maximum atomic E-state index is 5.86. The molecule has 3 rings (SSSR count). The van der Waals surface area contributed by atoms with Gasteiger partial charge in [0, 0.05) is 28.8 Å². The molecule has 0 unspecified atom stereocenters. The van der Waals surface area contributed by atoms with Gasteiger partial charge in [0.05, 0.1) is 14.2 Å². The van der Waals surface area contributed by atoms with E-state index in [1.54, 1.807) is 44.6 Å². The summed E-state index contributed by atoms with van der Waals surface area (Å²) in [6, 6.07) is 12.4. The van der Waals surface area contributed by atoms with Crippen molar-refractivity contribution in [1.82, 2.24) is 10.2 Å². The molecular formula is C17H15ClN2O4. The molecule has 0 radical (unpaired) electrons. The van der Waals surface area contributed by atoms with Crippen molar-refractivity contribution < 1.29 is 18.6 Å². The van der Waals surface area contributed by atoms with E-state index in [4.69, 9.17) is 30.2 Å². The Bertz CT molecular complexity index is 795. The first-order valence-corrected chi connectivity index (χ1v) is 7.50. The van der Waals surface area contributed by atoms with Gasteiger partial charge in [-0.15, -0.1) is 10.2 Å². The van der Waals surface area contributed by atoms with Crippen molar-refractivity contribution in [2.45, 2.75) is 6.61 Å². The molecule has 0 aliphatic heterocycles. The molecule has 0 spiro atoms. The Labute approximate surface area is 143 Å². The summed E-state index contributed by atoms with van der Waals surface area (Å²) in [6.07, 6.45) is 0. The zero-order valence-electron chi connectivity index (χ0n) is 13.2. The van der Waals surface area contributed by atoms with Gasteiger partial charge in [-0.1, -0.05) is 11.6 Å². The molecular weight excluding hydrogens is 332 g/mol. The molecule has 7 heteroatoms. The van der Waals surface area contributed by atoms with Crippen LogP contribution in [0.1, 0.15) is 5.89 Å². The van der Waals surface area contributed by atoms with Crippen LogP contribution in [-0.4, -0.2) is 24.4 Å². The third kappa shape index (κ3) is 3.78. The minimum Gasteiger partial charge on any atom is -0.496 e. The lowest BCUT2D eigenvalue weighted by molar-refractivity contribution is 0.261. The van der Waals surface area contributed by atoms with Crippen LogP contribution >= 0.6 is 11.6 Å². The van der Waals surface area contributed by atoms with Crippen molar-refractivity contribution >= 4 is 11.6 Å². The SMILES string of the molecule is COc1cc(OC)cc(OCc2nnc(-c3ccc(Cl)cc3)o2)c1. The summed E-state index contributed by atoms with van der Waals surface area (Å²) >= 11 is 5.86. The van der Waals surface area contributed by atoms with E-state index >= 15 is 0 Å². The lowest BCUT2D eigenvalue weighted by Gasteiger charge is -2.08. The van der Waals surface area contributed by atoms with E-state index in [1.807, 2.05) is 12.1 Å². The molecule has 0 fully saturated rings. The summed E-state index contributed by atoms with van der Waals surface area (Å²) < 4.78 is 21.7. The summed E-state index contributed by atoms with van der Waals surface area (Å²) in [6.45, 7) is 0.136. The Kier molecular flexibility index (Phi) is 4.86. The predicted molar refractivity (Wildman–Crippen MR) is 88.6 cm³/mol. The molecule has 0 amide bonds. The fraction of sp³-hybridized carbons (Fsp3) is 0.176. The highest BCUT2D eigenvalue weighted by atomic mass is 35.5. The minimum absolute atomic E-state index is 0.136. The molecule has 0 aliphatic carbocycles. The van der Waals surface area contributed by atoms with Crippen LogP contribution in [0.4, 0.5) is 0 Å². The summed E-state index contributed by atoms with van der Waals surface area (Å²) in [4.78, 5) is 0. The fourth-order valence-corrected chi connectivity index (χ4v) is 2.16. The van der Waals surface area contributed by atoms with Gasteiger partial charge in [0.2, 0.25) is 5.89 Å². The number of ether oxygens (including phenoxy) is 3. The second kappa shape index (κ2) is 7.23. The van der Waals surface area contributed by atoms with Crippen LogP contribution in [0, 0.1) is 0 Å². The number of aromatic nitrogens is 2. The number of methoxy groups -OCH3 is 2. The molecule has 24 heavy (non-hydrogen) atoms. The Hall–Kier alpha value is -2.73. The minimum atomic E-state index is 0.136. The molecule has 0 saturated carbocycles. The Morgan fingerprint density at radius 3 is 2.17 bits per heavy atom. The summed E-state index contributed by atoms with van der Waals surface area (Å²) in [5.74, 6) is 2.63. The van der Waals surface area contributed by atoms with E-state index in [2.05, 4.69) is 10.2 Å². The van der Waals surface area contributed by atoms with Crippen molar-refractivity contribution in [3.8, 4) is 28.7 Å². The normalized spacial score (nSPS) is 10.5. The lowest BCUT2D eigenvalue weighted by atomic mass is 10.2. The highest BCUT2D eigenvalue weighted by molar-refractivity contribution is 6.30. The van der Waals surface area contributed by atoms with Crippen LogP contribution in [-0.2, 0) is 6.61 Å². The molecule has 0 saturated heterocycles. The Morgan fingerprint density at radius 2 is 1.54 bits per heavy atom. The van der Waals surface area contributed by atoms with Gasteiger partial charge < -0.3 is 18.6 Å². The molecule has 1 heterocycles. The average Bonchev–Trinajstić information content (AvgIpc) is 3.09. The molecule has 0 N–H and O–H groups in total. The van der Waals surface area contributed by atoms with Gasteiger partial charge in [0.25, 0.3) is 5.89 Å². The van der Waals surface area contributed by atoms with Crippen LogP contribution in [0.3, 0.4) is 0 Å². The van der Waals surface area contributed by atoms with Crippen molar-refractivity contribution in [3.05, 3.63) is 53.4 Å². The van der Waals surface area contributed by atoms with Gasteiger partial charge in [0.15, 0.2) is 6.61 Å². The van der Waals surface area contributed by atoms with Gasteiger partial charge in [0.1, 0.15) is 17.2 Å².